The van der Waals surface area contributed by atoms with Crippen molar-refractivity contribution in [3.05, 3.63) is 41.7 Å². The summed E-state index contributed by atoms with van der Waals surface area (Å²) in [5.41, 5.74) is -1.21. The van der Waals surface area contributed by atoms with Gasteiger partial charge in [-0.1, -0.05) is 6.92 Å². The fourth-order valence-corrected chi connectivity index (χ4v) is 3.45. The quantitative estimate of drug-likeness (QED) is 0.752. The van der Waals surface area contributed by atoms with E-state index in [2.05, 4.69) is 15.7 Å². The number of amides is 3. The largest absolute Gasteiger partial charge is 0.416 e. The zero-order valence-corrected chi connectivity index (χ0v) is 17.0. The molecule has 0 aliphatic carbocycles. The summed E-state index contributed by atoms with van der Waals surface area (Å²) in [5.74, 6) is -1.56. The number of benzene rings is 1. The molecule has 1 atom stereocenters. The molecule has 0 radical (unpaired) electrons. The third kappa shape index (κ3) is 5.22. The van der Waals surface area contributed by atoms with Crippen molar-refractivity contribution < 1.29 is 27.6 Å². The number of hydrogen-bond acceptors (Lipinski definition) is 4. The molecular formula is C20H22F3N5O3. The maximum atomic E-state index is 13.4. The Hall–Kier alpha value is -3.37. The molecule has 1 aliphatic rings. The first-order chi connectivity index (χ1) is 14.6. The van der Waals surface area contributed by atoms with Gasteiger partial charge >= 0.3 is 6.18 Å². The van der Waals surface area contributed by atoms with Crippen LogP contribution in [0.1, 0.15) is 42.1 Å². The highest BCUT2D eigenvalue weighted by Gasteiger charge is 2.35. The van der Waals surface area contributed by atoms with E-state index in [-0.39, 0.29) is 23.6 Å². The lowest BCUT2D eigenvalue weighted by molar-refractivity contribution is -0.137. The van der Waals surface area contributed by atoms with Crippen molar-refractivity contribution in [1.29, 1.82) is 0 Å². The van der Waals surface area contributed by atoms with E-state index in [0.717, 1.165) is 6.07 Å². The molecule has 0 unspecified atom stereocenters. The van der Waals surface area contributed by atoms with E-state index in [1.54, 1.807) is 14.0 Å². The summed E-state index contributed by atoms with van der Waals surface area (Å²) < 4.78 is 41.6. The maximum Gasteiger partial charge on any atom is 0.416 e. The number of carbonyl (C=O) groups is 3. The van der Waals surface area contributed by atoms with E-state index in [1.165, 1.54) is 28.0 Å². The van der Waals surface area contributed by atoms with Gasteiger partial charge in [-0.05, 0) is 31.0 Å². The first kappa shape index (κ1) is 22.3. The summed E-state index contributed by atoms with van der Waals surface area (Å²) in [5, 5.41) is 8.79. The van der Waals surface area contributed by atoms with Gasteiger partial charge in [0.05, 0.1) is 17.4 Å². The van der Waals surface area contributed by atoms with Gasteiger partial charge in [0.25, 0.3) is 5.91 Å². The number of carbonyl (C=O) groups excluding carboxylic acids is 3. The van der Waals surface area contributed by atoms with Gasteiger partial charge < -0.3 is 15.5 Å². The van der Waals surface area contributed by atoms with Gasteiger partial charge in [-0.3, -0.25) is 19.1 Å². The Balaban J connectivity index is 1.85. The summed E-state index contributed by atoms with van der Waals surface area (Å²) in [7, 11) is 1.63. The van der Waals surface area contributed by atoms with Crippen molar-refractivity contribution in [2.75, 3.05) is 17.2 Å². The molecule has 1 aromatic heterocycles. The van der Waals surface area contributed by atoms with Gasteiger partial charge in [0.15, 0.2) is 0 Å². The van der Waals surface area contributed by atoms with Crippen molar-refractivity contribution in [3.63, 3.8) is 0 Å². The van der Waals surface area contributed by atoms with Crippen LogP contribution in [0.15, 0.2) is 30.6 Å². The van der Waals surface area contributed by atoms with Gasteiger partial charge in [-0.15, -0.1) is 0 Å². The number of aryl methyl sites for hydroxylation is 1. The highest BCUT2D eigenvalue weighted by atomic mass is 19.4. The molecule has 2 N–H and O–H groups in total. The summed E-state index contributed by atoms with van der Waals surface area (Å²) in [6.45, 7) is 2.10. The second-order valence-electron chi connectivity index (χ2n) is 7.24. The minimum atomic E-state index is -4.72. The molecule has 1 fully saturated rings. The first-order valence-electron chi connectivity index (χ1n) is 9.71. The highest BCUT2D eigenvalue weighted by molar-refractivity contribution is 6.06. The smallest absolute Gasteiger partial charge is 0.331 e. The minimum Gasteiger partial charge on any atom is -0.331 e. The summed E-state index contributed by atoms with van der Waals surface area (Å²) in [6, 6.07) is 1.89. The fourth-order valence-electron chi connectivity index (χ4n) is 3.45. The zero-order valence-electron chi connectivity index (χ0n) is 17.0. The molecule has 1 aromatic carbocycles. The van der Waals surface area contributed by atoms with Gasteiger partial charge in [0, 0.05) is 37.5 Å². The lowest BCUT2D eigenvalue weighted by Gasteiger charge is -2.23. The van der Waals surface area contributed by atoms with Gasteiger partial charge in [0.1, 0.15) is 6.04 Å². The molecule has 3 amide bonds. The predicted molar refractivity (Wildman–Crippen MR) is 106 cm³/mol. The van der Waals surface area contributed by atoms with Gasteiger partial charge in [0.2, 0.25) is 11.8 Å². The van der Waals surface area contributed by atoms with E-state index in [4.69, 9.17) is 0 Å². The van der Waals surface area contributed by atoms with Crippen LogP contribution in [-0.4, -0.2) is 45.0 Å². The Morgan fingerprint density at radius 2 is 1.90 bits per heavy atom. The van der Waals surface area contributed by atoms with Crippen LogP contribution in [0, 0.1) is 0 Å². The predicted octanol–water partition coefficient (Wildman–Crippen LogP) is 3.03. The molecule has 3 rings (SSSR count). The van der Waals surface area contributed by atoms with Crippen LogP contribution >= 0.6 is 0 Å². The first-order valence-corrected chi connectivity index (χ1v) is 9.71. The third-order valence-corrected chi connectivity index (χ3v) is 4.93. The van der Waals surface area contributed by atoms with Crippen molar-refractivity contribution in [2.24, 2.45) is 7.05 Å². The van der Waals surface area contributed by atoms with Crippen LogP contribution in [-0.2, 0) is 22.8 Å². The SMILES string of the molecule is CCC(=O)N1CCC[C@H]1C(=O)Nc1cc(C(=O)Nc2cnn(C)c2)cc(C(F)(F)F)c1. The normalized spacial score (nSPS) is 16.3. The number of nitrogens with zero attached hydrogens (tertiary/aromatic N) is 3. The van der Waals surface area contributed by atoms with E-state index in [9.17, 15) is 27.6 Å². The fraction of sp³-hybridized carbons (Fsp3) is 0.400. The van der Waals surface area contributed by atoms with E-state index in [1.807, 2.05) is 0 Å². The van der Waals surface area contributed by atoms with Crippen LogP contribution in [0.2, 0.25) is 0 Å². The molecule has 1 aliphatic heterocycles. The third-order valence-electron chi connectivity index (χ3n) is 4.93. The number of hydrogen-bond donors (Lipinski definition) is 2. The summed E-state index contributed by atoms with van der Waals surface area (Å²) in [4.78, 5) is 38.6. The van der Waals surface area contributed by atoms with Crippen molar-refractivity contribution in [1.82, 2.24) is 14.7 Å². The number of likely N-dealkylation sites (tertiary alicyclic amines) is 1. The molecule has 31 heavy (non-hydrogen) atoms. The number of anilines is 2. The monoisotopic (exact) mass is 437 g/mol. The van der Waals surface area contributed by atoms with Crippen molar-refractivity contribution in [3.8, 4) is 0 Å². The number of halogens is 3. The van der Waals surface area contributed by atoms with Crippen LogP contribution in [0.25, 0.3) is 0 Å². The number of rotatable bonds is 5. The summed E-state index contributed by atoms with van der Waals surface area (Å²) in [6.07, 6.45) is -0.592. The molecule has 1 saturated heterocycles. The molecule has 2 heterocycles. The molecule has 8 nitrogen and oxygen atoms in total. The second kappa shape index (κ2) is 8.78. The van der Waals surface area contributed by atoms with Crippen LogP contribution < -0.4 is 10.6 Å². The zero-order chi connectivity index (χ0) is 22.8. The highest BCUT2D eigenvalue weighted by Crippen LogP contribution is 2.32. The van der Waals surface area contributed by atoms with Crippen LogP contribution in [0.5, 0.6) is 0 Å². The van der Waals surface area contributed by atoms with Gasteiger partial charge in [-0.2, -0.15) is 18.3 Å². The Morgan fingerprint density at radius 1 is 1.16 bits per heavy atom. The Kier molecular flexibility index (Phi) is 6.32. The number of aromatic nitrogens is 2. The summed E-state index contributed by atoms with van der Waals surface area (Å²) >= 11 is 0. The van der Waals surface area contributed by atoms with Crippen LogP contribution in [0.4, 0.5) is 24.5 Å². The molecule has 0 spiro atoms. The van der Waals surface area contributed by atoms with Crippen molar-refractivity contribution in [2.45, 2.75) is 38.4 Å². The number of nitrogens with one attached hydrogen (secondary N) is 2. The van der Waals surface area contributed by atoms with Crippen LogP contribution in [0.3, 0.4) is 0 Å². The molecule has 2 aromatic rings. The lowest BCUT2D eigenvalue weighted by Crippen LogP contribution is -2.42. The van der Waals surface area contributed by atoms with E-state index < -0.39 is 29.6 Å². The topological polar surface area (TPSA) is 96.3 Å². The van der Waals surface area contributed by atoms with E-state index >= 15 is 0 Å². The molecular weight excluding hydrogens is 415 g/mol. The molecule has 11 heteroatoms. The standard InChI is InChI=1S/C20H22F3N5O3/c1-3-17(29)28-6-4-5-16(28)19(31)25-14-8-12(7-13(9-14)20(21,22)23)18(30)26-15-10-24-27(2)11-15/h7-11,16H,3-6H2,1-2H3,(H,25,31)(H,26,30)/t16-/m0/s1. The number of alkyl halides is 3. The molecule has 0 bridgehead atoms. The average Bonchev–Trinajstić information content (AvgIpc) is 3.35. The average molecular weight is 437 g/mol. The maximum absolute atomic E-state index is 13.4. The van der Waals surface area contributed by atoms with Crippen molar-refractivity contribution >= 4 is 29.1 Å². The second-order valence-corrected chi connectivity index (χ2v) is 7.24. The molecule has 0 saturated carbocycles. The lowest BCUT2D eigenvalue weighted by atomic mass is 10.1. The molecule has 166 valence electrons. The Bertz CT molecular complexity index is 1000. The van der Waals surface area contributed by atoms with E-state index in [0.29, 0.717) is 31.1 Å². The van der Waals surface area contributed by atoms with Gasteiger partial charge in [-0.25, -0.2) is 0 Å². The minimum absolute atomic E-state index is 0.174. The Labute approximate surface area is 176 Å². The Morgan fingerprint density at radius 3 is 2.52 bits per heavy atom.